The van der Waals surface area contributed by atoms with Gasteiger partial charge < -0.3 is 14.1 Å². The lowest BCUT2D eigenvalue weighted by molar-refractivity contribution is 0.0249. The molecule has 0 aliphatic carbocycles. The van der Waals surface area contributed by atoms with E-state index in [0.29, 0.717) is 24.5 Å². The number of methoxy groups -OCH3 is 1. The van der Waals surface area contributed by atoms with Crippen molar-refractivity contribution in [3.05, 3.63) is 17.8 Å². The molecule has 0 N–H and O–H groups in total. The molecule has 1 aromatic rings. The van der Waals surface area contributed by atoms with Gasteiger partial charge in [0.15, 0.2) is 12.1 Å². The van der Waals surface area contributed by atoms with E-state index in [1.54, 1.807) is 7.11 Å². The van der Waals surface area contributed by atoms with Crippen molar-refractivity contribution in [3.63, 3.8) is 0 Å². The highest BCUT2D eigenvalue weighted by molar-refractivity contribution is 5.94. The van der Waals surface area contributed by atoms with Crippen molar-refractivity contribution in [2.45, 2.75) is 51.5 Å². The number of hydrogen-bond donors (Lipinski definition) is 0. The largest absolute Gasteiger partial charge is 0.448 e. The highest BCUT2D eigenvalue weighted by Gasteiger charge is 2.44. The summed E-state index contributed by atoms with van der Waals surface area (Å²) < 4.78 is 10.7. The Hall–Kier alpha value is -1.36. The molecule has 1 atom stereocenters. The summed E-state index contributed by atoms with van der Waals surface area (Å²) in [6.45, 7) is 5.48. The second-order valence-corrected chi connectivity index (χ2v) is 5.45. The molecule has 5 nitrogen and oxygen atoms in total. The summed E-state index contributed by atoms with van der Waals surface area (Å²) in [5, 5.41) is 0. The maximum absolute atomic E-state index is 12.8. The zero-order chi connectivity index (χ0) is 14.6. The van der Waals surface area contributed by atoms with Crippen molar-refractivity contribution in [2.75, 3.05) is 20.3 Å². The molecule has 1 aliphatic rings. The molecule has 1 saturated heterocycles. The summed E-state index contributed by atoms with van der Waals surface area (Å²) in [7, 11) is 1.70. The van der Waals surface area contributed by atoms with Crippen LogP contribution in [0, 0.1) is 0 Å². The van der Waals surface area contributed by atoms with Crippen LogP contribution in [0.4, 0.5) is 0 Å². The zero-order valence-corrected chi connectivity index (χ0v) is 12.6. The summed E-state index contributed by atoms with van der Waals surface area (Å²) >= 11 is 0. The lowest BCUT2D eigenvalue weighted by Gasteiger charge is -2.37. The molecule has 0 aromatic carbocycles. The fourth-order valence-corrected chi connectivity index (χ4v) is 3.30. The Bertz CT molecular complexity index is 450. The van der Waals surface area contributed by atoms with Crippen LogP contribution in [0.1, 0.15) is 55.8 Å². The van der Waals surface area contributed by atoms with Gasteiger partial charge in [0.05, 0.1) is 12.1 Å². The van der Waals surface area contributed by atoms with Gasteiger partial charge in [-0.05, 0) is 19.3 Å². The van der Waals surface area contributed by atoms with Crippen LogP contribution in [0.25, 0.3) is 0 Å². The van der Waals surface area contributed by atoms with Crippen molar-refractivity contribution in [1.29, 1.82) is 0 Å². The lowest BCUT2D eigenvalue weighted by atomic mass is 9.91. The third-order valence-corrected chi connectivity index (χ3v) is 4.13. The van der Waals surface area contributed by atoms with Gasteiger partial charge in [-0.1, -0.05) is 20.3 Å². The number of likely N-dealkylation sites (tertiary alicyclic amines) is 1. The Morgan fingerprint density at radius 1 is 1.55 bits per heavy atom. The zero-order valence-electron chi connectivity index (χ0n) is 12.6. The van der Waals surface area contributed by atoms with Crippen molar-refractivity contribution in [3.8, 4) is 0 Å². The summed E-state index contributed by atoms with van der Waals surface area (Å²) in [6.07, 6.45) is 6.06. The smallest absolute Gasteiger partial charge is 0.276 e. The standard InChI is InChI=1S/C15H24N2O3/c1-4-7-15(10-19-3)8-6-9-17(15)14(18)13-12(5-2)20-11-16-13/h11H,4-10H2,1-3H3. The van der Waals surface area contributed by atoms with Crippen molar-refractivity contribution < 1.29 is 13.9 Å². The first-order chi connectivity index (χ1) is 9.68. The fraction of sp³-hybridized carbons (Fsp3) is 0.733. The number of ether oxygens (including phenoxy) is 1. The van der Waals surface area contributed by atoms with E-state index in [1.807, 2.05) is 11.8 Å². The van der Waals surface area contributed by atoms with Crippen LogP contribution in [0.3, 0.4) is 0 Å². The number of oxazole rings is 1. The van der Waals surface area contributed by atoms with Gasteiger partial charge in [0.1, 0.15) is 5.76 Å². The van der Waals surface area contributed by atoms with Gasteiger partial charge >= 0.3 is 0 Å². The predicted octanol–water partition coefficient (Wildman–Crippen LogP) is 2.66. The molecule has 1 amide bonds. The highest BCUT2D eigenvalue weighted by atomic mass is 16.5. The van der Waals surface area contributed by atoms with E-state index in [0.717, 1.165) is 32.2 Å². The van der Waals surface area contributed by atoms with E-state index in [9.17, 15) is 4.79 Å². The van der Waals surface area contributed by atoms with E-state index < -0.39 is 0 Å². The van der Waals surface area contributed by atoms with Gasteiger partial charge in [0.2, 0.25) is 0 Å². The molecule has 5 heteroatoms. The SMILES string of the molecule is CCCC1(COC)CCCN1C(=O)c1ncoc1CC. The molecular weight excluding hydrogens is 256 g/mol. The molecule has 0 radical (unpaired) electrons. The minimum absolute atomic E-state index is 0.0152. The van der Waals surface area contributed by atoms with Crippen LogP contribution in [-0.2, 0) is 11.2 Å². The number of aromatic nitrogens is 1. The van der Waals surface area contributed by atoms with E-state index in [2.05, 4.69) is 11.9 Å². The quantitative estimate of drug-likeness (QED) is 0.804. The average molecular weight is 280 g/mol. The number of rotatable bonds is 6. The maximum atomic E-state index is 12.8. The number of amides is 1. The maximum Gasteiger partial charge on any atom is 0.276 e. The second-order valence-electron chi connectivity index (χ2n) is 5.45. The van der Waals surface area contributed by atoms with Gasteiger partial charge in [-0.15, -0.1) is 0 Å². The minimum atomic E-state index is -0.176. The topological polar surface area (TPSA) is 55.6 Å². The minimum Gasteiger partial charge on any atom is -0.448 e. The summed E-state index contributed by atoms with van der Waals surface area (Å²) in [6, 6.07) is 0. The predicted molar refractivity (Wildman–Crippen MR) is 75.7 cm³/mol. The lowest BCUT2D eigenvalue weighted by Crippen LogP contribution is -2.50. The summed E-state index contributed by atoms with van der Waals surface area (Å²) in [5.74, 6) is 0.656. The van der Waals surface area contributed by atoms with Crippen LogP contribution in [-0.4, -0.2) is 41.6 Å². The monoisotopic (exact) mass is 280 g/mol. The molecule has 0 spiro atoms. The van der Waals surface area contributed by atoms with Crippen molar-refractivity contribution in [2.24, 2.45) is 0 Å². The molecule has 2 heterocycles. The molecule has 1 fully saturated rings. The van der Waals surface area contributed by atoms with Crippen molar-refractivity contribution >= 4 is 5.91 Å². The molecule has 20 heavy (non-hydrogen) atoms. The Kier molecular flexibility index (Phi) is 4.81. The fourth-order valence-electron chi connectivity index (χ4n) is 3.30. The third-order valence-electron chi connectivity index (χ3n) is 4.13. The number of nitrogens with zero attached hydrogens (tertiary/aromatic N) is 2. The van der Waals surface area contributed by atoms with E-state index in [4.69, 9.17) is 9.15 Å². The van der Waals surface area contributed by atoms with Gasteiger partial charge in [0.25, 0.3) is 5.91 Å². The number of hydrogen-bond acceptors (Lipinski definition) is 4. The molecule has 0 bridgehead atoms. The van der Waals surface area contributed by atoms with Crippen LogP contribution >= 0.6 is 0 Å². The first-order valence-electron chi connectivity index (χ1n) is 7.41. The van der Waals surface area contributed by atoms with Gasteiger partial charge in [-0.3, -0.25) is 4.79 Å². The Morgan fingerprint density at radius 3 is 3.00 bits per heavy atom. The van der Waals surface area contributed by atoms with Crippen LogP contribution in [0.2, 0.25) is 0 Å². The number of carbonyl (C=O) groups excluding carboxylic acids is 1. The highest BCUT2D eigenvalue weighted by Crippen LogP contribution is 2.35. The molecule has 1 aliphatic heterocycles. The first-order valence-corrected chi connectivity index (χ1v) is 7.41. The normalized spacial score (nSPS) is 22.4. The molecule has 1 aromatic heterocycles. The first kappa shape index (κ1) is 15.0. The van der Waals surface area contributed by atoms with Crippen LogP contribution in [0.15, 0.2) is 10.8 Å². The Balaban J connectivity index is 2.27. The van der Waals surface area contributed by atoms with E-state index in [1.165, 1.54) is 6.39 Å². The van der Waals surface area contributed by atoms with E-state index in [-0.39, 0.29) is 11.4 Å². The molecule has 1 unspecified atom stereocenters. The van der Waals surface area contributed by atoms with Crippen LogP contribution in [0.5, 0.6) is 0 Å². The Labute approximate surface area is 120 Å². The van der Waals surface area contributed by atoms with Crippen molar-refractivity contribution in [1.82, 2.24) is 9.88 Å². The van der Waals surface area contributed by atoms with E-state index >= 15 is 0 Å². The molecular formula is C15H24N2O3. The van der Waals surface area contributed by atoms with Gasteiger partial charge in [-0.25, -0.2) is 4.98 Å². The number of carbonyl (C=O) groups is 1. The molecule has 112 valence electrons. The second kappa shape index (κ2) is 6.39. The third kappa shape index (κ3) is 2.59. The van der Waals surface area contributed by atoms with Gasteiger partial charge in [0, 0.05) is 20.1 Å². The molecule has 0 saturated carbocycles. The van der Waals surface area contributed by atoms with Gasteiger partial charge in [-0.2, -0.15) is 0 Å². The Morgan fingerprint density at radius 2 is 2.35 bits per heavy atom. The summed E-state index contributed by atoms with van der Waals surface area (Å²) in [5.41, 5.74) is 0.288. The molecule has 2 rings (SSSR count). The summed E-state index contributed by atoms with van der Waals surface area (Å²) in [4.78, 5) is 18.9. The number of aryl methyl sites for hydroxylation is 1. The average Bonchev–Trinajstić information content (AvgIpc) is 3.05. The van der Waals surface area contributed by atoms with Crippen LogP contribution < -0.4 is 0 Å².